The SMILES string of the molecule is BP(=O)(OC[C@H]1OCCC1O)OC1CCO[C@@H]1CO. The average molecular weight is 294 g/mol. The van der Waals surface area contributed by atoms with Gasteiger partial charge in [-0.3, -0.25) is 4.57 Å². The molecule has 0 saturated carbocycles. The van der Waals surface area contributed by atoms with Crippen LogP contribution >= 0.6 is 7.47 Å². The molecule has 0 aromatic heterocycles. The van der Waals surface area contributed by atoms with Crippen molar-refractivity contribution >= 4 is 15.0 Å². The van der Waals surface area contributed by atoms with Crippen molar-refractivity contribution in [2.45, 2.75) is 37.3 Å². The van der Waals surface area contributed by atoms with Gasteiger partial charge in [0, 0.05) is 19.6 Å². The quantitative estimate of drug-likeness (QED) is 0.482. The van der Waals surface area contributed by atoms with E-state index in [1.807, 2.05) is 0 Å². The fraction of sp³-hybridized carbons (Fsp3) is 1.00. The van der Waals surface area contributed by atoms with Gasteiger partial charge in [0.1, 0.15) is 12.2 Å². The zero-order chi connectivity index (χ0) is 13.9. The molecule has 0 spiro atoms. The van der Waals surface area contributed by atoms with Gasteiger partial charge in [0.05, 0.1) is 25.4 Å². The molecule has 9 heteroatoms. The summed E-state index contributed by atoms with van der Waals surface area (Å²) in [4.78, 5) is 0. The molecule has 2 rings (SSSR count). The number of aliphatic hydroxyl groups is 2. The van der Waals surface area contributed by atoms with Gasteiger partial charge in [-0.15, -0.1) is 0 Å². The molecule has 2 heterocycles. The minimum absolute atomic E-state index is 0.0340. The van der Waals surface area contributed by atoms with E-state index in [4.69, 9.17) is 23.6 Å². The minimum atomic E-state index is -3.25. The fourth-order valence-electron chi connectivity index (χ4n) is 2.20. The summed E-state index contributed by atoms with van der Waals surface area (Å²) in [6.07, 6.45) is -0.771. The van der Waals surface area contributed by atoms with E-state index in [0.29, 0.717) is 26.1 Å². The summed E-state index contributed by atoms with van der Waals surface area (Å²) in [5.74, 6) is 0. The third kappa shape index (κ3) is 4.26. The number of ether oxygens (including phenoxy) is 2. The van der Waals surface area contributed by atoms with Crippen LogP contribution in [0.5, 0.6) is 0 Å². The summed E-state index contributed by atoms with van der Waals surface area (Å²) in [6.45, 7) is 0.814. The highest BCUT2D eigenvalue weighted by Crippen LogP contribution is 2.46. The van der Waals surface area contributed by atoms with E-state index < -0.39 is 31.9 Å². The molecule has 0 aromatic carbocycles. The van der Waals surface area contributed by atoms with Crippen LogP contribution in [0.2, 0.25) is 0 Å². The average Bonchev–Trinajstić information content (AvgIpc) is 2.95. The van der Waals surface area contributed by atoms with Gasteiger partial charge < -0.3 is 28.7 Å². The molecule has 7 nitrogen and oxygen atoms in total. The molecule has 0 aliphatic carbocycles. The third-order valence-corrected chi connectivity index (χ3v) is 4.58. The van der Waals surface area contributed by atoms with E-state index in [1.165, 1.54) is 7.57 Å². The van der Waals surface area contributed by atoms with Gasteiger partial charge in [0.2, 0.25) is 0 Å². The first-order valence-electron chi connectivity index (χ1n) is 6.44. The van der Waals surface area contributed by atoms with E-state index in [9.17, 15) is 9.67 Å². The molecule has 2 N–H and O–H groups in total. The topological polar surface area (TPSA) is 94.5 Å². The van der Waals surface area contributed by atoms with E-state index >= 15 is 0 Å². The zero-order valence-electron chi connectivity index (χ0n) is 10.9. The maximum Gasteiger partial charge on any atom is 0.271 e. The smallest absolute Gasteiger partial charge is 0.271 e. The van der Waals surface area contributed by atoms with Crippen molar-refractivity contribution < 1.29 is 33.3 Å². The fourth-order valence-corrected chi connectivity index (χ4v) is 3.41. The van der Waals surface area contributed by atoms with Crippen molar-refractivity contribution in [3.63, 3.8) is 0 Å². The summed E-state index contributed by atoms with van der Waals surface area (Å²) in [5, 5.41) is 18.6. The second kappa shape index (κ2) is 6.67. The number of rotatable bonds is 6. The molecule has 0 aromatic rings. The van der Waals surface area contributed by atoms with Crippen LogP contribution in [0.1, 0.15) is 12.8 Å². The number of hydrogen-bond acceptors (Lipinski definition) is 7. The first-order chi connectivity index (χ1) is 9.02. The molecule has 2 aliphatic rings. The predicted octanol–water partition coefficient (Wildman–Crippen LogP) is -0.940. The Labute approximate surface area is 113 Å². The van der Waals surface area contributed by atoms with Crippen LogP contribution in [-0.2, 0) is 23.1 Å². The summed E-state index contributed by atoms with van der Waals surface area (Å²) >= 11 is 0. The van der Waals surface area contributed by atoms with Crippen LogP contribution in [-0.4, -0.2) is 68.6 Å². The van der Waals surface area contributed by atoms with Gasteiger partial charge in [-0.05, 0) is 6.42 Å². The monoisotopic (exact) mass is 294 g/mol. The molecule has 2 aliphatic heterocycles. The highest BCUT2D eigenvalue weighted by Gasteiger charge is 2.35. The molecular weight excluding hydrogens is 274 g/mol. The summed E-state index contributed by atoms with van der Waals surface area (Å²) in [6, 6.07) is 0. The van der Waals surface area contributed by atoms with Crippen molar-refractivity contribution in [2.75, 3.05) is 26.4 Å². The Bertz CT molecular complexity index is 342. The van der Waals surface area contributed by atoms with Crippen molar-refractivity contribution in [3.05, 3.63) is 0 Å². The minimum Gasteiger partial charge on any atom is -0.394 e. The van der Waals surface area contributed by atoms with E-state index in [-0.39, 0.29) is 13.2 Å². The van der Waals surface area contributed by atoms with Crippen LogP contribution in [0, 0.1) is 0 Å². The first kappa shape index (κ1) is 15.4. The maximum absolute atomic E-state index is 12.2. The van der Waals surface area contributed by atoms with E-state index in [2.05, 4.69) is 0 Å². The van der Waals surface area contributed by atoms with Crippen molar-refractivity contribution in [1.82, 2.24) is 0 Å². The van der Waals surface area contributed by atoms with Gasteiger partial charge in [-0.25, -0.2) is 0 Å². The van der Waals surface area contributed by atoms with E-state index in [1.54, 1.807) is 0 Å². The van der Waals surface area contributed by atoms with Crippen molar-refractivity contribution in [2.24, 2.45) is 0 Å². The lowest BCUT2D eigenvalue weighted by atomic mass is 10.2. The maximum atomic E-state index is 12.2. The largest absolute Gasteiger partial charge is 0.394 e. The molecule has 2 fully saturated rings. The number of hydrogen-bond donors (Lipinski definition) is 2. The zero-order valence-corrected chi connectivity index (χ0v) is 11.8. The van der Waals surface area contributed by atoms with Gasteiger partial charge in [0.15, 0.2) is 0 Å². The van der Waals surface area contributed by atoms with Gasteiger partial charge in [-0.1, -0.05) is 0 Å². The summed E-state index contributed by atoms with van der Waals surface area (Å²) in [7, 11) is -1.88. The van der Waals surface area contributed by atoms with Crippen molar-refractivity contribution in [3.8, 4) is 0 Å². The molecule has 0 bridgehead atoms. The Morgan fingerprint density at radius 3 is 2.58 bits per heavy atom. The Kier molecular flexibility index (Phi) is 5.42. The Morgan fingerprint density at radius 1 is 1.26 bits per heavy atom. The normalized spacial score (nSPS) is 38.4. The highest BCUT2D eigenvalue weighted by molar-refractivity contribution is 7.79. The van der Waals surface area contributed by atoms with Crippen LogP contribution < -0.4 is 0 Å². The van der Waals surface area contributed by atoms with Gasteiger partial charge in [0.25, 0.3) is 15.0 Å². The second-order valence-corrected chi connectivity index (χ2v) is 6.87. The lowest BCUT2D eigenvalue weighted by Crippen LogP contribution is -2.29. The predicted molar refractivity (Wildman–Crippen MR) is 68.8 cm³/mol. The van der Waals surface area contributed by atoms with Crippen LogP contribution in [0.25, 0.3) is 0 Å². The van der Waals surface area contributed by atoms with Crippen LogP contribution in [0.3, 0.4) is 0 Å². The molecule has 3 unspecified atom stereocenters. The summed E-state index contributed by atoms with van der Waals surface area (Å²) in [5.41, 5.74) is 0. The molecule has 19 heavy (non-hydrogen) atoms. The molecular formula is C10H20BO7P. The van der Waals surface area contributed by atoms with Gasteiger partial charge >= 0.3 is 0 Å². The highest BCUT2D eigenvalue weighted by atomic mass is 31.2. The molecule has 0 amide bonds. The Balaban J connectivity index is 1.79. The number of aliphatic hydroxyl groups excluding tert-OH is 2. The van der Waals surface area contributed by atoms with Gasteiger partial charge in [-0.2, -0.15) is 0 Å². The van der Waals surface area contributed by atoms with Crippen LogP contribution in [0.15, 0.2) is 0 Å². The second-order valence-electron chi connectivity index (χ2n) is 4.86. The third-order valence-electron chi connectivity index (χ3n) is 3.30. The molecule has 110 valence electrons. The molecule has 5 atom stereocenters. The lowest BCUT2D eigenvalue weighted by molar-refractivity contribution is -0.00643. The Morgan fingerprint density at radius 2 is 1.95 bits per heavy atom. The molecule has 0 radical (unpaired) electrons. The molecule has 2 saturated heterocycles. The summed E-state index contributed by atoms with van der Waals surface area (Å²) < 4.78 is 33.3. The lowest BCUT2D eigenvalue weighted by Gasteiger charge is -2.23. The Hall–Kier alpha value is 0.0549. The first-order valence-corrected chi connectivity index (χ1v) is 8.43. The standard InChI is InChI=1S/C10H20BO7P/c11-19(14,17-6-10-7(13)1-3-16-10)18-8-2-4-15-9(8)5-12/h7-10,12-13H,1-6,11H2/t7?,8?,9-,10-,19?/m1/s1. The van der Waals surface area contributed by atoms with E-state index in [0.717, 1.165) is 0 Å². The van der Waals surface area contributed by atoms with Crippen molar-refractivity contribution in [1.29, 1.82) is 0 Å². The van der Waals surface area contributed by atoms with Crippen LogP contribution in [0.4, 0.5) is 0 Å².